The summed E-state index contributed by atoms with van der Waals surface area (Å²) in [6, 6.07) is 3.26. The molecule has 0 aromatic carbocycles. The minimum Gasteiger partial charge on any atom is -0.491 e. The highest BCUT2D eigenvalue weighted by Crippen LogP contribution is 2.23. The molecular formula is C15H15N3O3. The summed E-state index contributed by atoms with van der Waals surface area (Å²) in [4.78, 5) is 32.9. The van der Waals surface area contributed by atoms with E-state index in [4.69, 9.17) is 4.74 Å². The van der Waals surface area contributed by atoms with Crippen LogP contribution in [0, 0.1) is 6.92 Å². The number of carbonyl (C=O) groups is 1. The van der Waals surface area contributed by atoms with Crippen LogP contribution in [0.3, 0.4) is 0 Å². The van der Waals surface area contributed by atoms with Gasteiger partial charge < -0.3 is 14.6 Å². The summed E-state index contributed by atoms with van der Waals surface area (Å²) < 4.78 is 4.89. The van der Waals surface area contributed by atoms with Gasteiger partial charge in [0.1, 0.15) is 5.69 Å². The summed E-state index contributed by atoms with van der Waals surface area (Å²) in [5, 5.41) is 0. The van der Waals surface area contributed by atoms with Crippen LogP contribution in [0.25, 0.3) is 0 Å². The van der Waals surface area contributed by atoms with E-state index in [-0.39, 0.29) is 22.8 Å². The average molecular weight is 285 g/mol. The number of nitrogens with one attached hydrogen (secondary N) is 1. The number of nitrogens with zero attached hydrogens (tertiary/aromatic N) is 2. The van der Waals surface area contributed by atoms with Crippen LogP contribution in [-0.4, -0.2) is 27.9 Å². The van der Waals surface area contributed by atoms with Gasteiger partial charge in [0.2, 0.25) is 5.43 Å². The van der Waals surface area contributed by atoms with Crippen LogP contribution in [0.2, 0.25) is 0 Å². The van der Waals surface area contributed by atoms with Gasteiger partial charge in [-0.05, 0) is 24.1 Å². The number of hydrogen-bond donors (Lipinski definition) is 1. The second-order valence-electron chi connectivity index (χ2n) is 5.03. The van der Waals surface area contributed by atoms with E-state index < -0.39 is 0 Å². The number of carbonyl (C=O) groups excluding carboxylic acids is 1. The van der Waals surface area contributed by atoms with E-state index in [2.05, 4.69) is 9.97 Å². The highest BCUT2D eigenvalue weighted by atomic mass is 16.5. The standard InChI is InChI=1S/C15H15N3O3/c1-9-3-10-7-18(8-11(10)5-16-9)15(20)12-4-13(19)14(21-2)6-17-12/h3-6H,7-8H2,1-2H3,(H,17,19). The van der Waals surface area contributed by atoms with E-state index >= 15 is 0 Å². The number of aromatic nitrogens is 2. The molecule has 1 aliphatic rings. The fourth-order valence-electron chi connectivity index (χ4n) is 2.46. The van der Waals surface area contributed by atoms with Gasteiger partial charge in [-0.1, -0.05) is 0 Å². The summed E-state index contributed by atoms with van der Waals surface area (Å²) in [6.07, 6.45) is 3.21. The van der Waals surface area contributed by atoms with Crippen molar-refractivity contribution in [3.8, 4) is 5.75 Å². The Bertz CT molecular complexity index is 767. The van der Waals surface area contributed by atoms with Crippen LogP contribution in [0.1, 0.15) is 27.3 Å². The highest BCUT2D eigenvalue weighted by Gasteiger charge is 2.25. The first kappa shape index (κ1) is 13.4. The zero-order chi connectivity index (χ0) is 15.0. The second-order valence-corrected chi connectivity index (χ2v) is 5.03. The lowest BCUT2D eigenvalue weighted by Gasteiger charge is -2.15. The summed E-state index contributed by atoms with van der Waals surface area (Å²) in [7, 11) is 1.42. The van der Waals surface area contributed by atoms with Gasteiger partial charge in [-0.3, -0.25) is 14.6 Å². The molecule has 3 heterocycles. The van der Waals surface area contributed by atoms with Gasteiger partial charge in [0.25, 0.3) is 5.91 Å². The third kappa shape index (κ3) is 2.40. The Morgan fingerprint density at radius 1 is 1.33 bits per heavy atom. The maximum atomic E-state index is 12.4. The summed E-state index contributed by atoms with van der Waals surface area (Å²) in [6.45, 7) is 2.97. The van der Waals surface area contributed by atoms with Crippen molar-refractivity contribution in [2.24, 2.45) is 0 Å². The zero-order valence-electron chi connectivity index (χ0n) is 11.8. The zero-order valence-corrected chi connectivity index (χ0v) is 11.8. The van der Waals surface area contributed by atoms with Crippen molar-refractivity contribution < 1.29 is 9.53 Å². The van der Waals surface area contributed by atoms with E-state index in [9.17, 15) is 9.59 Å². The van der Waals surface area contributed by atoms with Crippen LogP contribution >= 0.6 is 0 Å². The first-order valence-electron chi connectivity index (χ1n) is 6.59. The Morgan fingerprint density at radius 3 is 2.81 bits per heavy atom. The molecule has 0 radical (unpaired) electrons. The monoisotopic (exact) mass is 285 g/mol. The van der Waals surface area contributed by atoms with E-state index in [0.29, 0.717) is 13.1 Å². The molecule has 0 aliphatic carbocycles. The minimum atomic E-state index is -0.311. The molecule has 21 heavy (non-hydrogen) atoms. The molecule has 0 unspecified atom stereocenters. The Labute approximate surface area is 121 Å². The van der Waals surface area contributed by atoms with Crippen LogP contribution in [0.5, 0.6) is 5.75 Å². The lowest BCUT2D eigenvalue weighted by atomic mass is 10.2. The van der Waals surface area contributed by atoms with E-state index in [1.54, 1.807) is 11.1 Å². The lowest BCUT2D eigenvalue weighted by Crippen LogP contribution is -2.27. The van der Waals surface area contributed by atoms with E-state index in [1.165, 1.54) is 19.4 Å². The smallest absolute Gasteiger partial charge is 0.271 e. The van der Waals surface area contributed by atoms with Crippen LogP contribution in [0.15, 0.2) is 29.3 Å². The molecule has 2 aromatic heterocycles. The van der Waals surface area contributed by atoms with Gasteiger partial charge in [0, 0.05) is 37.2 Å². The summed E-state index contributed by atoms with van der Waals surface area (Å²) in [5.74, 6) is -0.0142. The van der Waals surface area contributed by atoms with Crippen molar-refractivity contribution >= 4 is 5.91 Å². The Hall–Kier alpha value is -2.63. The van der Waals surface area contributed by atoms with Crippen LogP contribution < -0.4 is 10.2 Å². The van der Waals surface area contributed by atoms with Crippen molar-refractivity contribution in [2.45, 2.75) is 20.0 Å². The SMILES string of the molecule is COc1c[nH]c(C(=O)N2Cc3cnc(C)cc3C2)cc1=O. The van der Waals surface area contributed by atoms with Crippen LogP contribution in [0.4, 0.5) is 0 Å². The number of hydrogen-bond acceptors (Lipinski definition) is 4. The fourth-order valence-corrected chi connectivity index (χ4v) is 2.46. The van der Waals surface area contributed by atoms with Gasteiger partial charge >= 0.3 is 0 Å². The van der Waals surface area contributed by atoms with Gasteiger partial charge in [0.15, 0.2) is 5.75 Å². The molecule has 6 nitrogen and oxygen atoms in total. The first-order chi connectivity index (χ1) is 10.1. The number of ether oxygens (including phenoxy) is 1. The fraction of sp³-hybridized carbons (Fsp3) is 0.267. The maximum absolute atomic E-state index is 12.4. The van der Waals surface area contributed by atoms with Crippen molar-refractivity contribution in [1.29, 1.82) is 0 Å². The third-order valence-electron chi connectivity index (χ3n) is 3.56. The molecular weight excluding hydrogens is 270 g/mol. The molecule has 108 valence electrons. The number of pyridine rings is 2. The number of rotatable bonds is 2. The molecule has 6 heteroatoms. The summed E-state index contributed by atoms with van der Waals surface area (Å²) in [5.41, 5.74) is 3.03. The van der Waals surface area contributed by atoms with Crippen molar-refractivity contribution in [3.63, 3.8) is 0 Å². The first-order valence-corrected chi connectivity index (χ1v) is 6.59. The largest absolute Gasteiger partial charge is 0.491 e. The Balaban J connectivity index is 1.85. The number of aromatic amines is 1. The number of methoxy groups -OCH3 is 1. The molecule has 0 saturated heterocycles. The molecule has 1 amide bonds. The molecule has 0 bridgehead atoms. The lowest BCUT2D eigenvalue weighted by molar-refractivity contribution is 0.0745. The molecule has 0 atom stereocenters. The number of H-pyrrole nitrogens is 1. The molecule has 2 aromatic rings. The molecule has 3 rings (SSSR count). The van der Waals surface area contributed by atoms with Crippen molar-refractivity contribution in [1.82, 2.24) is 14.9 Å². The number of aryl methyl sites for hydroxylation is 1. The third-order valence-corrected chi connectivity index (χ3v) is 3.56. The minimum absolute atomic E-state index is 0.191. The number of fused-ring (bicyclic) bond motifs is 1. The Kier molecular flexibility index (Phi) is 3.21. The van der Waals surface area contributed by atoms with Crippen molar-refractivity contribution in [3.05, 3.63) is 57.3 Å². The van der Waals surface area contributed by atoms with E-state index in [0.717, 1.165) is 16.8 Å². The topological polar surface area (TPSA) is 75.3 Å². The molecule has 0 fully saturated rings. The van der Waals surface area contributed by atoms with Gasteiger partial charge in [-0.2, -0.15) is 0 Å². The summed E-state index contributed by atoms with van der Waals surface area (Å²) >= 11 is 0. The normalized spacial score (nSPS) is 13.1. The predicted molar refractivity (Wildman–Crippen MR) is 76.2 cm³/mol. The number of amides is 1. The van der Waals surface area contributed by atoms with Gasteiger partial charge in [-0.25, -0.2) is 0 Å². The van der Waals surface area contributed by atoms with Gasteiger partial charge in [0.05, 0.1) is 7.11 Å². The average Bonchev–Trinajstić information content (AvgIpc) is 2.89. The predicted octanol–water partition coefficient (Wildman–Crippen LogP) is 1.24. The Morgan fingerprint density at radius 2 is 2.10 bits per heavy atom. The van der Waals surface area contributed by atoms with Crippen molar-refractivity contribution in [2.75, 3.05) is 7.11 Å². The molecule has 1 aliphatic heterocycles. The maximum Gasteiger partial charge on any atom is 0.271 e. The van der Waals surface area contributed by atoms with Gasteiger partial charge in [-0.15, -0.1) is 0 Å². The second kappa shape index (κ2) is 5.05. The van der Waals surface area contributed by atoms with E-state index in [1.807, 2.05) is 13.0 Å². The van der Waals surface area contributed by atoms with Crippen LogP contribution in [-0.2, 0) is 13.1 Å². The quantitative estimate of drug-likeness (QED) is 0.901. The molecule has 0 saturated carbocycles. The molecule has 1 N–H and O–H groups in total. The highest BCUT2D eigenvalue weighted by molar-refractivity contribution is 5.92. The molecule has 0 spiro atoms.